The van der Waals surface area contributed by atoms with E-state index in [4.69, 9.17) is 16.3 Å². The molecule has 2 rings (SSSR count). The highest BCUT2D eigenvalue weighted by Crippen LogP contribution is 2.25. The van der Waals surface area contributed by atoms with E-state index in [-0.39, 0.29) is 0 Å². The number of rotatable bonds is 5. The van der Waals surface area contributed by atoms with Gasteiger partial charge in [-0.25, -0.2) is 0 Å². The molecule has 0 bridgehead atoms. The monoisotopic (exact) mass is 367 g/mol. The van der Waals surface area contributed by atoms with E-state index in [2.05, 4.69) is 15.9 Å². The normalized spacial score (nSPS) is 10.8. The van der Waals surface area contributed by atoms with Gasteiger partial charge in [0.25, 0.3) is 0 Å². The van der Waals surface area contributed by atoms with Gasteiger partial charge in [0.2, 0.25) is 6.20 Å². The number of benzene rings is 2. The van der Waals surface area contributed by atoms with Crippen LogP contribution in [0.3, 0.4) is 0 Å². The van der Waals surface area contributed by atoms with Crippen molar-refractivity contribution in [2.45, 2.75) is 6.61 Å². The van der Waals surface area contributed by atoms with Gasteiger partial charge in [0.15, 0.2) is 0 Å². The lowest BCUT2D eigenvalue weighted by atomic mass is 10.2. The second kappa shape index (κ2) is 7.24. The molecule has 4 nitrogen and oxygen atoms in total. The minimum absolute atomic E-state index is 0.359. The van der Waals surface area contributed by atoms with E-state index in [9.17, 15) is 10.1 Å². The van der Waals surface area contributed by atoms with Crippen LogP contribution < -0.4 is 4.74 Å². The fourth-order valence-electron chi connectivity index (χ4n) is 1.66. The molecule has 0 atom stereocenters. The first-order valence-electron chi connectivity index (χ1n) is 6.03. The van der Waals surface area contributed by atoms with E-state index in [0.29, 0.717) is 22.9 Å². The molecule has 0 aliphatic carbocycles. The van der Waals surface area contributed by atoms with E-state index in [1.807, 2.05) is 18.2 Å². The summed E-state index contributed by atoms with van der Waals surface area (Å²) in [7, 11) is 0. The lowest BCUT2D eigenvalue weighted by Gasteiger charge is -2.09. The summed E-state index contributed by atoms with van der Waals surface area (Å²) in [6.07, 6.45) is 2.29. The molecule has 0 N–H and O–H groups in total. The van der Waals surface area contributed by atoms with Crippen LogP contribution in [0.2, 0.25) is 5.02 Å². The molecule has 0 aliphatic rings. The van der Waals surface area contributed by atoms with E-state index in [1.165, 1.54) is 6.08 Å². The van der Waals surface area contributed by atoms with Gasteiger partial charge < -0.3 is 4.74 Å². The third kappa shape index (κ3) is 4.88. The third-order valence-corrected chi connectivity index (χ3v) is 3.40. The van der Waals surface area contributed by atoms with Crippen molar-refractivity contribution in [3.05, 3.63) is 79.4 Å². The number of nitro groups is 1. The zero-order valence-corrected chi connectivity index (χ0v) is 13.2. The SMILES string of the molecule is O=[N+]([O-])C=Cc1cc(Br)ccc1OCc1ccc(Cl)cc1. The van der Waals surface area contributed by atoms with Crippen molar-refractivity contribution in [3.8, 4) is 5.75 Å². The smallest absolute Gasteiger partial charge is 0.235 e. The second-order valence-electron chi connectivity index (χ2n) is 4.20. The second-order valence-corrected chi connectivity index (χ2v) is 5.55. The van der Waals surface area contributed by atoms with Crippen molar-refractivity contribution < 1.29 is 9.66 Å². The van der Waals surface area contributed by atoms with Gasteiger partial charge in [-0.3, -0.25) is 10.1 Å². The number of hydrogen-bond donors (Lipinski definition) is 0. The summed E-state index contributed by atoms with van der Waals surface area (Å²) in [6.45, 7) is 0.359. The van der Waals surface area contributed by atoms with Gasteiger partial charge in [-0.05, 0) is 35.9 Å². The van der Waals surface area contributed by atoms with Crippen molar-refractivity contribution in [2.75, 3.05) is 0 Å². The Kier molecular flexibility index (Phi) is 5.36. The molecule has 21 heavy (non-hydrogen) atoms. The largest absolute Gasteiger partial charge is 0.488 e. The number of halogens is 2. The van der Waals surface area contributed by atoms with Crippen LogP contribution in [0, 0.1) is 10.1 Å². The molecule has 2 aromatic carbocycles. The summed E-state index contributed by atoms with van der Waals surface area (Å²) in [4.78, 5) is 9.92. The zero-order valence-electron chi connectivity index (χ0n) is 10.8. The van der Waals surface area contributed by atoms with Crippen molar-refractivity contribution in [3.63, 3.8) is 0 Å². The standard InChI is InChI=1S/C15H11BrClNO3/c16-13-3-6-15(12(9-13)7-8-18(19)20)21-10-11-1-4-14(17)5-2-11/h1-9H,10H2. The van der Waals surface area contributed by atoms with Crippen LogP contribution >= 0.6 is 27.5 Å². The van der Waals surface area contributed by atoms with Gasteiger partial charge in [-0.2, -0.15) is 0 Å². The highest BCUT2D eigenvalue weighted by atomic mass is 79.9. The van der Waals surface area contributed by atoms with Gasteiger partial charge >= 0.3 is 0 Å². The Morgan fingerprint density at radius 2 is 1.95 bits per heavy atom. The Hall–Kier alpha value is -1.85. The van der Waals surface area contributed by atoms with Crippen LogP contribution in [-0.4, -0.2) is 4.92 Å². The maximum absolute atomic E-state index is 10.4. The van der Waals surface area contributed by atoms with E-state index in [1.54, 1.807) is 24.3 Å². The van der Waals surface area contributed by atoms with Crippen molar-refractivity contribution in [1.29, 1.82) is 0 Å². The molecule has 0 amide bonds. The van der Waals surface area contributed by atoms with Crippen LogP contribution in [0.4, 0.5) is 0 Å². The maximum Gasteiger partial charge on any atom is 0.235 e. The first kappa shape index (κ1) is 15.5. The van der Waals surface area contributed by atoms with Gasteiger partial charge in [-0.1, -0.05) is 39.7 Å². The predicted octanol–water partition coefficient (Wildman–Crippen LogP) is 4.93. The Morgan fingerprint density at radius 3 is 2.62 bits per heavy atom. The topological polar surface area (TPSA) is 52.4 Å². The van der Waals surface area contributed by atoms with E-state index < -0.39 is 4.92 Å². The summed E-state index contributed by atoms with van der Waals surface area (Å²) in [5.74, 6) is 0.575. The molecule has 0 fully saturated rings. The van der Waals surface area contributed by atoms with Crippen LogP contribution in [0.15, 0.2) is 53.1 Å². The maximum atomic E-state index is 10.4. The Morgan fingerprint density at radius 1 is 1.24 bits per heavy atom. The average molecular weight is 369 g/mol. The molecule has 0 unspecified atom stereocenters. The molecule has 0 heterocycles. The molecule has 2 aromatic rings. The fourth-order valence-corrected chi connectivity index (χ4v) is 2.17. The summed E-state index contributed by atoms with van der Waals surface area (Å²) >= 11 is 9.16. The lowest BCUT2D eigenvalue weighted by Crippen LogP contribution is -1.97. The molecule has 0 saturated carbocycles. The van der Waals surface area contributed by atoms with Crippen LogP contribution in [0.5, 0.6) is 5.75 Å². The number of hydrogen-bond acceptors (Lipinski definition) is 3. The first-order chi connectivity index (χ1) is 10.0. The van der Waals surface area contributed by atoms with Crippen molar-refractivity contribution in [2.24, 2.45) is 0 Å². The van der Waals surface area contributed by atoms with Gasteiger partial charge in [-0.15, -0.1) is 0 Å². The van der Waals surface area contributed by atoms with Crippen LogP contribution in [-0.2, 0) is 6.61 Å². The van der Waals surface area contributed by atoms with E-state index in [0.717, 1.165) is 16.2 Å². The molecule has 0 aromatic heterocycles. The molecule has 108 valence electrons. The van der Waals surface area contributed by atoms with E-state index >= 15 is 0 Å². The highest BCUT2D eigenvalue weighted by Gasteiger charge is 2.04. The molecule has 0 aliphatic heterocycles. The first-order valence-corrected chi connectivity index (χ1v) is 7.20. The predicted molar refractivity (Wildman–Crippen MR) is 86.0 cm³/mol. The third-order valence-electron chi connectivity index (χ3n) is 2.66. The Labute approximate surface area is 135 Å². The average Bonchev–Trinajstić information content (AvgIpc) is 2.45. The number of ether oxygens (including phenoxy) is 1. The van der Waals surface area contributed by atoms with Crippen LogP contribution in [0.25, 0.3) is 6.08 Å². The fraction of sp³-hybridized carbons (Fsp3) is 0.0667. The quantitative estimate of drug-likeness (QED) is 0.555. The molecular formula is C15H11BrClNO3. The van der Waals surface area contributed by atoms with Gasteiger partial charge in [0.05, 0.1) is 4.92 Å². The van der Waals surface area contributed by atoms with Crippen molar-refractivity contribution >= 4 is 33.6 Å². The van der Waals surface area contributed by atoms with Gasteiger partial charge in [0.1, 0.15) is 12.4 Å². The van der Waals surface area contributed by atoms with Gasteiger partial charge in [0, 0.05) is 21.1 Å². The zero-order chi connectivity index (χ0) is 15.2. The highest BCUT2D eigenvalue weighted by molar-refractivity contribution is 9.10. The molecule has 0 saturated heterocycles. The molecular weight excluding hydrogens is 358 g/mol. The summed E-state index contributed by atoms with van der Waals surface area (Å²) in [5.41, 5.74) is 1.60. The Balaban J connectivity index is 2.15. The molecule has 0 radical (unpaired) electrons. The van der Waals surface area contributed by atoms with Crippen molar-refractivity contribution in [1.82, 2.24) is 0 Å². The lowest BCUT2D eigenvalue weighted by molar-refractivity contribution is -0.400. The Bertz CT molecular complexity index is 671. The number of nitrogens with zero attached hydrogens (tertiary/aromatic N) is 1. The molecule has 6 heteroatoms. The van der Waals surface area contributed by atoms with Crippen LogP contribution in [0.1, 0.15) is 11.1 Å². The minimum atomic E-state index is -0.510. The molecule has 0 spiro atoms. The minimum Gasteiger partial charge on any atom is -0.488 e. The summed E-state index contributed by atoms with van der Waals surface area (Å²) in [5, 5.41) is 11.1. The summed E-state index contributed by atoms with van der Waals surface area (Å²) in [6, 6.07) is 12.7. The summed E-state index contributed by atoms with van der Waals surface area (Å²) < 4.78 is 6.54.